The van der Waals surface area contributed by atoms with Crippen molar-refractivity contribution >= 4 is 23.3 Å². The van der Waals surface area contributed by atoms with Gasteiger partial charge in [0.05, 0.1) is 5.92 Å². The summed E-state index contributed by atoms with van der Waals surface area (Å²) < 4.78 is 0. The van der Waals surface area contributed by atoms with Crippen LogP contribution < -0.4 is 0 Å². The normalized spacial score (nSPS) is 18.4. The summed E-state index contributed by atoms with van der Waals surface area (Å²) in [6, 6.07) is 7.83. The predicted octanol–water partition coefficient (Wildman–Crippen LogP) is 2.80. The van der Waals surface area contributed by atoms with E-state index in [-0.39, 0.29) is 11.6 Å². The van der Waals surface area contributed by atoms with Gasteiger partial charge in [0.25, 0.3) is 0 Å². The van der Waals surface area contributed by atoms with E-state index in [4.69, 9.17) is 10.2 Å². The fourth-order valence-electron chi connectivity index (χ4n) is 2.92. The molecular weight excluding hydrogens is 328 g/mol. The molecule has 3 rings (SSSR count). The quantitative estimate of drug-likeness (QED) is 0.865. The van der Waals surface area contributed by atoms with E-state index in [1.54, 1.807) is 0 Å². The zero-order valence-corrected chi connectivity index (χ0v) is 13.8. The zero-order chi connectivity index (χ0) is 17.1. The molecule has 1 aliphatic rings. The van der Waals surface area contributed by atoms with Gasteiger partial charge in [-0.1, -0.05) is 24.3 Å². The lowest BCUT2D eigenvalue weighted by atomic mass is 9.98. The van der Waals surface area contributed by atoms with Crippen LogP contribution in [0, 0.1) is 5.92 Å². The fourth-order valence-corrected chi connectivity index (χ4v) is 3.72. The molecule has 1 atom stereocenters. The topological polar surface area (TPSA) is 90.7 Å². The van der Waals surface area contributed by atoms with Gasteiger partial charge in [-0.25, -0.2) is 9.78 Å². The molecule has 1 aromatic carbocycles. The maximum absolute atomic E-state index is 11.1. The third-order valence-corrected chi connectivity index (χ3v) is 5.08. The second kappa shape index (κ2) is 7.11. The minimum Gasteiger partial charge on any atom is -0.481 e. The molecule has 2 heterocycles. The molecule has 126 valence electrons. The van der Waals surface area contributed by atoms with Crippen molar-refractivity contribution < 1.29 is 19.8 Å². The molecule has 7 heteroatoms. The number of aromatic carboxylic acids is 1. The molecule has 0 amide bonds. The molecule has 0 spiro atoms. The fraction of sp³-hybridized carbons (Fsp3) is 0.353. The molecule has 0 radical (unpaired) electrons. The molecule has 1 fully saturated rings. The smallest absolute Gasteiger partial charge is 0.355 e. The van der Waals surface area contributed by atoms with Crippen molar-refractivity contribution in [3.8, 4) is 10.6 Å². The van der Waals surface area contributed by atoms with Crippen LogP contribution in [0.5, 0.6) is 0 Å². The van der Waals surface area contributed by atoms with Gasteiger partial charge in [0, 0.05) is 24.0 Å². The highest BCUT2D eigenvalue weighted by Crippen LogP contribution is 2.25. The molecule has 1 aliphatic heterocycles. The second-order valence-electron chi connectivity index (χ2n) is 5.95. The van der Waals surface area contributed by atoms with Crippen LogP contribution in [-0.4, -0.2) is 45.1 Å². The number of aromatic nitrogens is 1. The van der Waals surface area contributed by atoms with Gasteiger partial charge in [-0.05, 0) is 24.9 Å². The number of hydrogen-bond acceptors (Lipinski definition) is 5. The van der Waals surface area contributed by atoms with Gasteiger partial charge in [-0.15, -0.1) is 11.3 Å². The molecule has 2 N–H and O–H groups in total. The Morgan fingerprint density at radius 1 is 1.25 bits per heavy atom. The van der Waals surface area contributed by atoms with Crippen molar-refractivity contribution in [2.24, 2.45) is 5.92 Å². The van der Waals surface area contributed by atoms with Crippen molar-refractivity contribution in [1.29, 1.82) is 0 Å². The second-order valence-corrected chi connectivity index (χ2v) is 6.81. The van der Waals surface area contributed by atoms with Crippen molar-refractivity contribution in [2.45, 2.75) is 19.4 Å². The molecular formula is C17H18N2O4S. The van der Waals surface area contributed by atoms with Gasteiger partial charge >= 0.3 is 11.9 Å². The number of rotatable bonds is 5. The molecule has 0 aliphatic carbocycles. The zero-order valence-electron chi connectivity index (χ0n) is 13.0. The van der Waals surface area contributed by atoms with E-state index in [9.17, 15) is 9.59 Å². The summed E-state index contributed by atoms with van der Waals surface area (Å²) in [6.45, 7) is 2.23. The monoisotopic (exact) mass is 346 g/mol. The number of carbonyl (C=O) groups is 2. The first-order valence-electron chi connectivity index (χ1n) is 7.76. The van der Waals surface area contributed by atoms with Gasteiger partial charge in [0.2, 0.25) is 0 Å². The first kappa shape index (κ1) is 16.6. The largest absolute Gasteiger partial charge is 0.481 e. The third kappa shape index (κ3) is 3.80. The highest BCUT2D eigenvalue weighted by atomic mass is 32.1. The molecule has 24 heavy (non-hydrogen) atoms. The number of benzene rings is 1. The van der Waals surface area contributed by atoms with Gasteiger partial charge in [-0.2, -0.15) is 0 Å². The number of hydrogen-bond donors (Lipinski definition) is 2. The minimum absolute atomic E-state index is 0.0621. The first-order chi connectivity index (χ1) is 11.5. The van der Waals surface area contributed by atoms with E-state index in [2.05, 4.69) is 9.88 Å². The molecule has 6 nitrogen and oxygen atoms in total. The number of carboxylic acid groups (broad SMARTS) is 2. The Morgan fingerprint density at radius 3 is 2.62 bits per heavy atom. The lowest BCUT2D eigenvalue weighted by Gasteiger charge is -2.30. The van der Waals surface area contributed by atoms with Crippen molar-refractivity contribution in [1.82, 2.24) is 9.88 Å². The Kier molecular flexibility index (Phi) is 4.92. The molecule has 0 saturated carbocycles. The van der Waals surface area contributed by atoms with Crippen LogP contribution >= 0.6 is 11.3 Å². The number of likely N-dealkylation sites (tertiary alicyclic amines) is 1. The Labute approximate surface area is 143 Å². The summed E-state index contributed by atoms with van der Waals surface area (Å²) in [7, 11) is 0. The summed E-state index contributed by atoms with van der Waals surface area (Å²) in [5, 5.41) is 20.3. The van der Waals surface area contributed by atoms with E-state index in [1.165, 1.54) is 16.7 Å². The van der Waals surface area contributed by atoms with Gasteiger partial charge < -0.3 is 10.2 Å². The van der Waals surface area contributed by atoms with E-state index in [0.29, 0.717) is 11.6 Å². The summed E-state index contributed by atoms with van der Waals surface area (Å²) in [5.74, 6) is -2.01. The number of thiazole rings is 1. The molecule has 1 saturated heterocycles. The van der Waals surface area contributed by atoms with Crippen LogP contribution in [0.15, 0.2) is 29.6 Å². The van der Waals surface area contributed by atoms with Crippen LogP contribution in [0.4, 0.5) is 0 Å². The summed E-state index contributed by atoms with van der Waals surface area (Å²) in [5.41, 5.74) is 2.06. The Hall–Kier alpha value is -2.25. The van der Waals surface area contributed by atoms with Crippen LogP contribution in [0.25, 0.3) is 10.6 Å². The van der Waals surface area contributed by atoms with Crippen molar-refractivity contribution in [2.75, 3.05) is 13.1 Å². The van der Waals surface area contributed by atoms with Gasteiger partial charge in [0.1, 0.15) is 5.01 Å². The van der Waals surface area contributed by atoms with E-state index in [1.807, 2.05) is 24.3 Å². The van der Waals surface area contributed by atoms with Crippen LogP contribution in [0.3, 0.4) is 0 Å². The summed E-state index contributed by atoms with van der Waals surface area (Å²) in [6.07, 6.45) is 1.66. The van der Waals surface area contributed by atoms with Gasteiger partial charge in [0.15, 0.2) is 5.69 Å². The average Bonchev–Trinajstić information content (AvgIpc) is 3.06. The first-order valence-corrected chi connectivity index (χ1v) is 8.64. The number of aliphatic carboxylic acids is 1. The number of piperidine rings is 1. The highest BCUT2D eigenvalue weighted by Gasteiger charge is 2.25. The van der Waals surface area contributed by atoms with Crippen LogP contribution in [-0.2, 0) is 11.3 Å². The standard InChI is InChI=1S/C17H18N2O4S/c20-16(21)13-2-1-7-19(9-13)8-11-3-5-12(6-4-11)15-18-14(10-24-15)17(22)23/h3-6,10,13H,1-2,7-9H2,(H,20,21)(H,22,23). The van der Waals surface area contributed by atoms with Gasteiger partial charge in [-0.3, -0.25) is 9.69 Å². The molecule has 1 aromatic heterocycles. The third-order valence-electron chi connectivity index (χ3n) is 4.19. The van der Waals surface area contributed by atoms with Crippen LogP contribution in [0.1, 0.15) is 28.9 Å². The van der Waals surface area contributed by atoms with E-state index >= 15 is 0 Å². The lowest BCUT2D eigenvalue weighted by molar-refractivity contribution is -0.143. The maximum atomic E-state index is 11.1. The minimum atomic E-state index is -1.02. The lowest BCUT2D eigenvalue weighted by Crippen LogP contribution is -2.38. The summed E-state index contributed by atoms with van der Waals surface area (Å²) >= 11 is 1.31. The Bertz CT molecular complexity index is 741. The average molecular weight is 346 g/mol. The summed E-state index contributed by atoms with van der Waals surface area (Å²) in [4.78, 5) is 28.3. The SMILES string of the molecule is O=C(O)c1csc(-c2ccc(CN3CCCC(C(=O)O)C3)cc2)n1. The Morgan fingerprint density at radius 2 is 2.00 bits per heavy atom. The number of nitrogens with zero attached hydrogens (tertiary/aromatic N) is 2. The molecule has 2 aromatic rings. The number of carboxylic acids is 2. The van der Waals surface area contributed by atoms with Crippen molar-refractivity contribution in [3.63, 3.8) is 0 Å². The highest BCUT2D eigenvalue weighted by molar-refractivity contribution is 7.13. The van der Waals surface area contributed by atoms with E-state index < -0.39 is 11.9 Å². The van der Waals surface area contributed by atoms with E-state index in [0.717, 1.165) is 37.1 Å². The molecule has 1 unspecified atom stereocenters. The molecule has 0 bridgehead atoms. The van der Waals surface area contributed by atoms with Crippen LogP contribution in [0.2, 0.25) is 0 Å². The Balaban J connectivity index is 1.66. The maximum Gasteiger partial charge on any atom is 0.355 e. The van der Waals surface area contributed by atoms with Crippen molar-refractivity contribution in [3.05, 3.63) is 40.9 Å². The predicted molar refractivity (Wildman–Crippen MR) is 90.1 cm³/mol.